The fraction of sp³-hybridized carbons (Fsp3) is 0.280. The van der Waals surface area contributed by atoms with Crippen LogP contribution in [0.25, 0.3) is 17.0 Å². The third-order valence-electron chi connectivity index (χ3n) is 6.21. The highest BCUT2D eigenvalue weighted by molar-refractivity contribution is 7.80. The van der Waals surface area contributed by atoms with Crippen LogP contribution >= 0.6 is 12.2 Å². The van der Waals surface area contributed by atoms with Crippen molar-refractivity contribution < 1.29 is 9.18 Å². The number of fused-ring (bicyclic) bond motifs is 1. The van der Waals surface area contributed by atoms with Gasteiger partial charge in [0.15, 0.2) is 5.11 Å². The SMILES string of the molecule is O=C1/C(=C/c2cn(Cc3cccc(F)c3)c3ccccc23)NC(=S)N1C1CCCCC1. The van der Waals surface area contributed by atoms with Gasteiger partial charge >= 0.3 is 0 Å². The Bertz CT molecular complexity index is 1190. The third kappa shape index (κ3) is 3.88. The molecule has 6 heteroatoms. The van der Waals surface area contributed by atoms with Gasteiger partial charge in [0.05, 0.1) is 0 Å². The number of halogens is 1. The second-order valence-electron chi connectivity index (χ2n) is 8.31. The number of rotatable bonds is 4. The molecular weight excluding hydrogens is 409 g/mol. The molecule has 0 atom stereocenters. The lowest BCUT2D eigenvalue weighted by molar-refractivity contribution is -0.124. The van der Waals surface area contributed by atoms with E-state index in [1.807, 2.05) is 42.6 Å². The molecule has 0 spiro atoms. The number of carbonyl (C=O) groups excluding carboxylic acids is 1. The van der Waals surface area contributed by atoms with Crippen molar-refractivity contribution >= 4 is 40.2 Å². The Morgan fingerprint density at radius 3 is 2.71 bits per heavy atom. The van der Waals surface area contributed by atoms with Crippen molar-refractivity contribution in [2.75, 3.05) is 0 Å². The Morgan fingerprint density at radius 1 is 1.10 bits per heavy atom. The van der Waals surface area contributed by atoms with Crippen LogP contribution in [0.1, 0.15) is 43.2 Å². The fourth-order valence-electron chi connectivity index (χ4n) is 4.73. The predicted octanol–water partition coefficient (Wildman–Crippen LogP) is 5.22. The lowest BCUT2D eigenvalue weighted by Gasteiger charge is -2.29. The first kappa shape index (κ1) is 19.9. The molecule has 2 heterocycles. The van der Waals surface area contributed by atoms with E-state index in [-0.39, 0.29) is 17.8 Å². The minimum absolute atomic E-state index is 0.0427. The second-order valence-corrected chi connectivity index (χ2v) is 8.70. The fourth-order valence-corrected chi connectivity index (χ4v) is 5.07. The molecule has 0 unspecified atom stereocenters. The highest BCUT2D eigenvalue weighted by atomic mass is 32.1. The summed E-state index contributed by atoms with van der Waals surface area (Å²) in [7, 11) is 0. The quantitative estimate of drug-likeness (QED) is 0.453. The first-order valence-corrected chi connectivity index (χ1v) is 11.2. The van der Waals surface area contributed by atoms with Crippen LogP contribution in [-0.2, 0) is 11.3 Å². The van der Waals surface area contributed by atoms with E-state index in [1.54, 1.807) is 17.0 Å². The first-order chi connectivity index (χ1) is 15.1. The van der Waals surface area contributed by atoms with Crippen LogP contribution in [0.2, 0.25) is 0 Å². The summed E-state index contributed by atoms with van der Waals surface area (Å²) in [5.41, 5.74) is 3.39. The van der Waals surface area contributed by atoms with Crippen molar-refractivity contribution in [2.24, 2.45) is 0 Å². The topological polar surface area (TPSA) is 37.3 Å². The molecule has 1 N–H and O–H groups in total. The molecule has 1 aromatic heterocycles. The number of nitrogens with one attached hydrogen (secondary N) is 1. The standard InChI is InChI=1S/C25H24FN3OS/c26-19-8-6-7-17(13-19)15-28-16-18(21-11-4-5-12-23(21)28)14-22-24(30)29(25(31)27-22)20-9-2-1-3-10-20/h4-8,11-14,16,20H,1-3,9-10,15H2,(H,27,31)/b22-14-. The lowest BCUT2D eigenvalue weighted by atomic mass is 9.94. The van der Waals surface area contributed by atoms with Gasteiger partial charge in [-0.25, -0.2) is 4.39 Å². The van der Waals surface area contributed by atoms with Crippen LogP contribution < -0.4 is 5.32 Å². The Kier molecular flexibility index (Phi) is 5.32. The number of nitrogens with zero attached hydrogens (tertiary/aromatic N) is 2. The summed E-state index contributed by atoms with van der Waals surface area (Å²) in [5, 5.41) is 4.69. The van der Waals surface area contributed by atoms with Gasteiger partial charge in [-0.2, -0.15) is 0 Å². The summed E-state index contributed by atoms with van der Waals surface area (Å²) in [5.74, 6) is -0.285. The average molecular weight is 434 g/mol. The normalized spacial score (nSPS) is 18.9. The van der Waals surface area contributed by atoms with Gasteiger partial charge in [-0.1, -0.05) is 49.6 Å². The maximum Gasteiger partial charge on any atom is 0.276 e. The van der Waals surface area contributed by atoms with E-state index in [1.165, 1.54) is 12.5 Å². The van der Waals surface area contributed by atoms with Crippen molar-refractivity contribution in [3.05, 3.63) is 77.4 Å². The number of hydrogen-bond acceptors (Lipinski definition) is 2. The number of hydrogen-bond donors (Lipinski definition) is 1. The van der Waals surface area contributed by atoms with Crippen LogP contribution in [0.4, 0.5) is 4.39 Å². The highest BCUT2D eigenvalue weighted by Crippen LogP contribution is 2.29. The van der Waals surface area contributed by atoms with E-state index in [0.717, 1.165) is 47.7 Å². The molecule has 2 fully saturated rings. The maximum atomic E-state index is 13.6. The summed E-state index contributed by atoms with van der Waals surface area (Å²) in [6.45, 7) is 0.551. The smallest absolute Gasteiger partial charge is 0.276 e. The van der Waals surface area contributed by atoms with Gasteiger partial charge in [0, 0.05) is 35.2 Å². The average Bonchev–Trinajstić information content (AvgIpc) is 3.25. The van der Waals surface area contributed by atoms with Crippen molar-refractivity contribution in [3.8, 4) is 0 Å². The van der Waals surface area contributed by atoms with Crippen LogP contribution in [0, 0.1) is 5.82 Å². The molecule has 158 valence electrons. The van der Waals surface area contributed by atoms with E-state index < -0.39 is 0 Å². The molecule has 1 amide bonds. The van der Waals surface area contributed by atoms with Gasteiger partial charge in [-0.05, 0) is 54.9 Å². The number of aromatic nitrogens is 1. The molecule has 31 heavy (non-hydrogen) atoms. The molecule has 1 aliphatic heterocycles. The monoisotopic (exact) mass is 433 g/mol. The molecule has 0 bridgehead atoms. The number of benzene rings is 2. The first-order valence-electron chi connectivity index (χ1n) is 10.8. The number of amides is 1. The third-order valence-corrected chi connectivity index (χ3v) is 6.51. The molecule has 2 aromatic carbocycles. The molecule has 5 rings (SSSR count). The largest absolute Gasteiger partial charge is 0.342 e. The van der Waals surface area contributed by atoms with Crippen molar-refractivity contribution in [3.63, 3.8) is 0 Å². The molecule has 3 aromatic rings. The minimum atomic E-state index is -0.242. The Morgan fingerprint density at radius 2 is 1.90 bits per heavy atom. The molecule has 0 radical (unpaired) electrons. The molecule has 1 aliphatic carbocycles. The van der Waals surface area contributed by atoms with Gasteiger partial charge in [-0.15, -0.1) is 0 Å². The lowest BCUT2D eigenvalue weighted by Crippen LogP contribution is -2.41. The zero-order valence-corrected chi connectivity index (χ0v) is 18.0. The van der Waals surface area contributed by atoms with Crippen LogP contribution in [0.3, 0.4) is 0 Å². The number of thiocarbonyl (C=S) groups is 1. The maximum absolute atomic E-state index is 13.6. The van der Waals surface area contributed by atoms with E-state index in [9.17, 15) is 9.18 Å². The number of carbonyl (C=O) groups is 1. The van der Waals surface area contributed by atoms with E-state index in [4.69, 9.17) is 12.2 Å². The van der Waals surface area contributed by atoms with Crippen LogP contribution in [0.5, 0.6) is 0 Å². The van der Waals surface area contributed by atoms with Gasteiger partial charge in [0.1, 0.15) is 11.5 Å². The zero-order valence-electron chi connectivity index (χ0n) is 17.2. The molecule has 1 saturated heterocycles. The Labute approximate surface area is 186 Å². The Balaban J connectivity index is 1.48. The van der Waals surface area contributed by atoms with E-state index in [0.29, 0.717) is 17.4 Å². The van der Waals surface area contributed by atoms with Gasteiger partial charge in [0.2, 0.25) is 0 Å². The van der Waals surface area contributed by atoms with Crippen molar-refractivity contribution in [1.82, 2.24) is 14.8 Å². The predicted molar refractivity (Wildman–Crippen MR) is 125 cm³/mol. The van der Waals surface area contributed by atoms with Crippen molar-refractivity contribution in [1.29, 1.82) is 0 Å². The summed E-state index contributed by atoms with van der Waals surface area (Å²) < 4.78 is 15.7. The Hall–Kier alpha value is -2.99. The summed E-state index contributed by atoms with van der Waals surface area (Å²) >= 11 is 5.50. The molecule has 2 aliphatic rings. The second kappa shape index (κ2) is 8.27. The van der Waals surface area contributed by atoms with E-state index in [2.05, 4.69) is 9.88 Å². The van der Waals surface area contributed by atoms with Crippen LogP contribution in [-0.4, -0.2) is 26.5 Å². The number of para-hydroxylation sites is 1. The molecule has 1 saturated carbocycles. The van der Waals surface area contributed by atoms with E-state index >= 15 is 0 Å². The summed E-state index contributed by atoms with van der Waals surface area (Å²) in [6.07, 6.45) is 9.44. The highest BCUT2D eigenvalue weighted by Gasteiger charge is 2.36. The van der Waals surface area contributed by atoms with Gasteiger partial charge < -0.3 is 9.88 Å². The van der Waals surface area contributed by atoms with Gasteiger partial charge in [-0.3, -0.25) is 9.69 Å². The summed E-state index contributed by atoms with van der Waals surface area (Å²) in [6, 6.07) is 14.9. The van der Waals surface area contributed by atoms with Gasteiger partial charge in [0.25, 0.3) is 5.91 Å². The van der Waals surface area contributed by atoms with Crippen molar-refractivity contribution in [2.45, 2.75) is 44.7 Å². The minimum Gasteiger partial charge on any atom is -0.342 e. The summed E-state index contributed by atoms with van der Waals surface area (Å²) in [4.78, 5) is 14.9. The zero-order chi connectivity index (χ0) is 21.4. The molecular formula is C25H24FN3OS. The van der Waals surface area contributed by atoms with Crippen LogP contribution in [0.15, 0.2) is 60.4 Å². The molecule has 4 nitrogen and oxygen atoms in total.